The van der Waals surface area contributed by atoms with Crippen molar-refractivity contribution >= 4 is 34.1 Å². The Hall–Kier alpha value is -4.40. The maximum absolute atomic E-state index is 13.0. The molecular formula is C25H21N5O4. The Labute approximate surface area is 194 Å². The summed E-state index contributed by atoms with van der Waals surface area (Å²) < 4.78 is 11.1. The number of hydrogen-bond donors (Lipinski definition) is 3. The summed E-state index contributed by atoms with van der Waals surface area (Å²) in [6.07, 6.45) is 5.23. The summed E-state index contributed by atoms with van der Waals surface area (Å²) in [4.78, 5) is 29.4. The van der Waals surface area contributed by atoms with E-state index in [0.29, 0.717) is 41.5 Å². The number of aromatic nitrogens is 3. The number of amides is 2. The summed E-state index contributed by atoms with van der Waals surface area (Å²) in [5, 5.41) is 13.6. The van der Waals surface area contributed by atoms with E-state index in [-0.39, 0.29) is 23.4 Å². The summed E-state index contributed by atoms with van der Waals surface area (Å²) in [5.74, 6) is 1.05. The fraction of sp³-hybridized carbons (Fsp3) is 0.200. The average Bonchev–Trinajstić information content (AvgIpc) is 3.63. The average molecular weight is 455 g/mol. The number of ether oxygens (including phenoxy) is 2. The first-order valence-electron chi connectivity index (χ1n) is 11.1. The molecule has 3 heterocycles. The number of hydrogen-bond acceptors (Lipinski definition) is 6. The van der Waals surface area contributed by atoms with Gasteiger partial charge in [0.1, 0.15) is 13.2 Å². The van der Waals surface area contributed by atoms with Gasteiger partial charge in [-0.05, 0) is 48.7 Å². The number of aromatic amines is 1. The molecule has 2 amide bonds. The summed E-state index contributed by atoms with van der Waals surface area (Å²) in [6.45, 7) is 0.975. The van der Waals surface area contributed by atoms with E-state index in [0.717, 1.165) is 29.5 Å². The SMILES string of the molecule is O=C(Nc1ccc2c(c1)OCCO2)c1n[nH]c2ccc(-c3cncc(NC(=O)C4CC4)c3)cc12. The highest BCUT2D eigenvalue weighted by Crippen LogP contribution is 2.33. The van der Waals surface area contributed by atoms with Crippen LogP contribution in [0, 0.1) is 5.92 Å². The zero-order valence-corrected chi connectivity index (χ0v) is 18.1. The topological polar surface area (TPSA) is 118 Å². The highest BCUT2D eigenvalue weighted by molar-refractivity contribution is 6.11. The standard InChI is InChI=1S/C25H21N5O4/c31-24(14-1-2-14)28-18-9-16(12-26-13-18)15-3-5-20-19(10-15)23(30-29-20)25(32)27-17-4-6-21-22(11-17)34-8-7-33-21/h3-6,9-14H,1-2,7-8H2,(H,27,32)(H,28,31)(H,29,30). The van der Waals surface area contributed by atoms with Gasteiger partial charge in [0.05, 0.1) is 17.4 Å². The predicted molar refractivity (Wildman–Crippen MR) is 126 cm³/mol. The molecule has 170 valence electrons. The first-order chi connectivity index (χ1) is 16.6. The Balaban J connectivity index is 1.26. The van der Waals surface area contributed by atoms with Crippen LogP contribution < -0.4 is 20.1 Å². The third-order valence-corrected chi connectivity index (χ3v) is 5.87. The van der Waals surface area contributed by atoms with Crippen LogP contribution in [0.3, 0.4) is 0 Å². The number of H-pyrrole nitrogens is 1. The lowest BCUT2D eigenvalue weighted by Gasteiger charge is -2.18. The van der Waals surface area contributed by atoms with Crippen LogP contribution in [0.2, 0.25) is 0 Å². The van der Waals surface area contributed by atoms with E-state index in [1.807, 2.05) is 24.3 Å². The minimum Gasteiger partial charge on any atom is -0.486 e. The summed E-state index contributed by atoms with van der Waals surface area (Å²) in [7, 11) is 0. The van der Waals surface area contributed by atoms with Crippen LogP contribution in [0.1, 0.15) is 23.3 Å². The molecule has 6 rings (SSSR count). The summed E-state index contributed by atoms with van der Waals surface area (Å²) in [5.41, 5.74) is 3.94. The quantitative estimate of drug-likeness (QED) is 0.419. The van der Waals surface area contributed by atoms with E-state index in [1.54, 1.807) is 30.6 Å². The first kappa shape index (κ1) is 20.2. The molecule has 2 aliphatic rings. The van der Waals surface area contributed by atoms with E-state index >= 15 is 0 Å². The van der Waals surface area contributed by atoms with Crippen molar-refractivity contribution < 1.29 is 19.1 Å². The smallest absolute Gasteiger partial charge is 0.276 e. The number of nitrogens with one attached hydrogen (secondary N) is 3. The molecule has 3 N–H and O–H groups in total. The number of rotatable bonds is 5. The molecule has 2 aromatic heterocycles. The van der Waals surface area contributed by atoms with Gasteiger partial charge in [-0.3, -0.25) is 19.7 Å². The van der Waals surface area contributed by atoms with Crippen molar-refractivity contribution in [1.29, 1.82) is 0 Å². The van der Waals surface area contributed by atoms with Gasteiger partial charge in [0.2, 0.25) is 5.91 Å². The van der Waals surface area contributed by atoms with Crippen LogP contribution in [0.5, 0.6) is 11.5 Å². The van der Waals surface area contributed by atoms with Gasteiger partial charge < -0.3 is 20.1 Å². The molecule has 0 saturated heterocycles. The van der Waals surface area contributed by atoms with Gasteiger partial charge >= 0.3 is 0 Å². The van der Waals surface area contributed by atoms with Crippen LogP contribution in [0.15, 0.2) is 54.9 Å². The van der Waals surface area contributed by atoms with Crippen molar-refractivity contribution in [3.63, 3.8) is 0 Å². The van der Waals surface area contributed by atoms with Crippen LogP contribution in [0.25, 0.3) is 22.0 Å². The largest absolute Gasteiger partial charge is 0.486 e. The summed E-state index contributed by atoms with van der Waals surface area (Å²) in [6, 6.07) is 12.8. The minimum absolute atomic E-state index is 0.0299. The number of benzene rings is 2. The number of carbonyl (C=O) groups excluding carboxylic acids is 2. The molecule has 1 saturated carbocycles. The van der Waals surface area contributed by atoms with Crippen molar-refractivity contribution in [2.45, 2.75) is 12.8 Å². The van der Waals surface area contributed by atoms with Crippen molar-refractivity contribution in [2.75, 3.05) is 23.8 Å². The molecule has 1 aliphatic heterocycles. The van der Waals surface area contributed by atoms with Crippen molar-refractivity contribution in [3.05, 3.63) is 60.6 Å². The second-order valence-corrected chi connectivity index (χ2v) is 8.37. The Morgan fingerprint density at radius 3 is 2.59 bits per heavy atom. The Morgan fingerprint density at radius 2 is 1.74 bits per heavy atom. The van der Waals surface area contributed by atoms with E-state index in [9.17, 15) is 9.59 Å². The number of carbonyl (C=O) groups is 2. The van der Waals surface area contributed by atoms with Crippen LogP contribution >= 0.6 is 0 Å². The van der Waals surface area contributed by atoms with Gasteiger partial charge in [0.15, 0.2) is 17.2 Å². The molecule has 1 fully saturated rings. The molecule has 0 bridgehead atoms. The van der Waals surface area contributed by atoms with E-state index in [2.05, 4.69) is 25.8 Å². The number of fused-ring (bicyclic) bond motifs is 2. The molecule has 0 radical (unpaired) electrons. The fourth-order valence-corrected chi connectivity index (χ4v) is 3.93. The monoisotopic (exact) mass is 455 g/mol. The lowest BCUT2D eigenvalue weighted by molar-refractivity contribution is -0.117. The molecule has 1 aliphatic carbocycles. The van der Waals surface area contributed by atoms with Crippen LogP contribution in [-0.2, 0) is 4.79 Å². The van der Waals surface area contributed by atoms with E-state index in [1.165, 1.54) is 0 Å². The zero-order chi connectivity index (χ0) is 23.1. The Morgan fingerprint density at radius 1 is 0.882 bits per heavy atom. The third kappa shape index (κ3) is 3.92. The van der Waals surface area contributed by atoms with Gasteiger partial charge in [0, 0.05) is 34.8 Å². The molecule has 0 spiro atoms. The molecule has 2 aromatic carbocycles. The second kappa shape index (κ2) is 8.18. The normalized spacial score (nSPS) is 14.6. The van der Waals surface area contributed by atoms with Crippen LogP contribution in [0.4, 0.5) is 11.4 Å². The van der Waals surface area contributed by atoms with E-state index in [4.69, 9.17) is 9.47 Å². The Kier molecular flexibility index (Phi) is 4.87. The predicted octanol–water partition coefficient (Wildman–Crippen LogP) is 4.00. The van der Waals surface area contributed by atoms with Crippen molar-refractivity contribution in [1.82, 2.24) is 15.2 Å². The lowest BCUT2D eigenvalue weighted by atomic mass is 10.0. The highest BCUT2D eigenvalue weighted by atomic mass is 16.6. The molecule has 0 atom stereocenters. The second-order valence-electron chi connectivity index (χ2n) is 8.37. The summed E-state index contributed by atoms with van der Waals surface area (Å²) >= 11 is 0. The van der Waals surface area contributed by atoms with Crippen LogP contribution in [-0.4, -0.2) is 40.2 Å². The third-order valence-electron chi connectivity index (χ3n) is 5.87. The highest BCUT2D eigenvalue weighted by Gasteiger charge is 2.29. The fourth-order valence-electron chi connectivity index (χ4n) is 3.93. The number of nitrogens with zero attached hydrogens (tertiary/aromatic N) is 2. The molecule has 9 heteroatoms. The molecule has 0 unspecified atom stereocenters. The zero-order valence-electron chi connectivity index (χ0n) is 18.1. The number of anilines is 2. The molecule has 9 nitrogen and oxygen atoms in total. The molecule has 4 aromatic rings. The minimum atomic E-state index is -0.344. The molecule has 34 heavy (non-hydrogen) atoms. The van der Waals surface area contributed by atoms with Gasteiger partial charge in [-0.1, -0.05) is 6.07 Å². The Bertz CT molecular complexity index is 1430. The maximum Gasteiger partial charge on any atom is 0.276 e. The first-order valence-corrected chi connectivity index (χ1v) is 11.1. The maximum atomic E-state index is 13.0. The van der Waals surface area contributed by atoms with Crippen molar-refractivity contribution in [2.24, 2.45) is 5.92 Å². The van der Waals surface area contributed by atoms with Crippen molar-refractivity contribution in [3.8, 4) is 22.6 Å². The van der Waals surface area contributed by atoms with Gasteiger partial charge in [-0.2, -0.15) is 5.10 Å². The molecular weight excluding hydrogens is 434 g/mol. The number of pyridine rings is 1. The van der Waals surface area contributed by atoms with Gasteiger partial charge in [0.25, 0.3) is 5.91 Å². The van der Waals surface area contributed by atoms with E-state index < -0.39 is 0 Å². The van der Waals surface area contributed by atoms with Gasteiger partial charge in [-0.25, -0.2) is 0 Å². The lowest BCUT2D eigenvalue weighted by Crippen LogP contribution is -2.16. The van der Waals surface area contributed by atoms with Gasteiger partial charge in [-0.15, -0.1) is 0 Å².